The van der Waals surface area contributed by atoms with Crippen LogP contribution in [-0.2, 0) is 27.4 Å². The molecule has 2 aromatic carbocycles. The standard InChI is InChI=1S/C28H34N4O4/c1-28-13-12-26(34)32(28)24-6-3-2-5-23(24)27(35)31(28)14-4-7-25(33)29-19-21-8-10-22(11-9-21)20-30-15-17-36-18-16-30/h2-3,5-6,8-11H,4,7,12-20H2,1H3,(H,29,33)/t28-/m0/s1. The van der Waals surface area contributed by atoms with Crippen LogP contribution in [0.15, 0.2) is 48.5 Å². The molecule has 0 saturated carbocycles. The van der Waals surface area contributed by atoms with E-state index >= 15 is 0 Å². The van der Waals surface area contributed by atoms with Gasteiger partial charge in [-0.25, -0.2) is 0 Å². The predicted octanol–water partition coefficient (Wildman–Crippen LogP) is 2.91. The summed E-state index contributed by atoms with van der Waals surface area (Å²) in [6.45, 7) is 7.27. The van der Waals surface area contributed by atoms with E-state index in [2.05, 4.69) is 34.5 Å². The minimum atomic E-state index is -0.679. The number of hydrogen-bond acceptors (Lipinski definition) is 5. The molecular weight excluding hydrogens is 456 g/mol. The number of hydrogen-bond donors (Lipinski definition) is 1. The molecule has 3 aliphatic heterocycles. The molecule has 0 spiro atoms. The number of nitrogens with one attached hydrogen (secondary N) is 1. The zero-order chi connectivity index (χ0) is 25.1. The highest BCUT2D eigenvalue weighted by Gasteiger charge is 2.52. The van der Waals surface area contributed by atoms with Crippen LogP contribution in [0, 0.1) is 0 Å². The first-order valence-electron chi connectivity index (χ1n) is 12.8. The number of para-hydroxylation sites is 1. The highest BCUT2D eigenvalue weighted by Crippen LogP contribution is 2.44. The van der Waals surface area contributed by atoms with Crippen molar-refractivity contribution in [1.82, 2.24) is 15.1 Å². The van der Waals surface area contributed by atoms with E-state index in [9.17, 15) is 14.4 Å². The second-order valence-electron chi connectivity index (χ2n) is 10.0. The number of benzene rings is 2. The summed E-state index contributed by atoms with van der Waals surface area (Å²) in [6, 6.07) is 15.6. The van der Waals surface area contributed by atoms with Crippen LogP contribution in [0.2, 0.25) is 0 Å². The third-order valence-corrected chi connectivity index (χ3v) is 7.55. The normalized spacial score (nSPS) is 21.9. The third kappa shape index (κ3) is 4.88. The van der Waals surface area contributed by atoms with Gasteiger partial charge in [-0.3, -0.25) is 24.2 Å². The van der Waals surface area contributed by atoms with E-state index < -0.39 is 5.66 Å². The third-order valence-electron chi connectivity index (χ3n) is 7.55. The lowest BCUT2D eigenvalue weighted by molar-refractivity contribution is -0.121. The van der Waals surface area contributed by atoms with Crippen molar-refractivity contribution in [2.75, 3.05) is 37.7 Å². The predicted molar refractivity (Wildman–Crippen MR) is 136 cm³/mol. The van der Waals surface area contributed by atoms with Crippen molar-refractivity contribution in [1.29, 1.82) is 0 Å². The van der Waals surface area contributed by atoms with Crippen LogP contribution < -0.4 is 10.2 Å². The van der Waals surface area contributed by atoms with Gasteiger partial charge in [0.05, 0.1) is 24.5 Å². The van der Waals surface area contributed by atoms with Gasteiger partial charge in [-0.1, -0.05) is 36.4 Å². The van der Waals surface area contributed by atoms with E-state index in [1.807, 2.05) is 25.1 Å². The Morgan fingerprint density at radius 2 is 1.75 bits per heavy atom. The molecular formula is C28H34N4O4. The van der Waals surface area contributed by atoms with Gasteiger partial charge in [-0.15, -0.1) is 0 Å². The number of carbonyl (C=O) groups is 3. The van der Waals surface area contributed by atoms with E-state index in [0.29, 0.717) is 50.0 Å². The first-order chi connectivity index (χ1) is 17.5. The Bertz CT molecular complexity index is 1130. The summed E-state index contributed by atoms with van der Waals surface area (Å²) in [5.74, 6) is -0.0745. The molecule has 2 aromatic rings. The Labute approximate surface area is 212 Å². The number of rotatable bonds is 8. The number of carbonyl (C=O) groups excluding carboxylic acids is 3. The van der Waals surface area contributed by atoms with E-state index in [0.717, 1.165) is 38.4 Å². The minimum Gasteiger partial charge on any atom is -0.379 e. The fourth-order valence-electron chi connectivity index (χ4n) is 5.51. The Morgan fingerprint density at radius 3 is 2.53 bits per heavy atom. The maximum absolute atomic E-state index is 13.3. The molecule has 0 aliphatic carbocycles. The first-order valence-corrected chi connectivity index (χ1v) is 12.8. The van der Waals surface area contributed by atoms with Crippen LogP contribution in [-0.4, -0.2) is 66.0 Å². The molecule has 0 bridgehead atoms. The van der Waals surface area contributed by atoms with Crippen LogP contribution in [0.5, 0.6) is 0 Å². The Kier molecular flexibility index (Phi) is 7.07. The first kappa shape index (κ1) is 24.5. The molecule has 3 heterocycles. The van der Waals surface area contributed by atoms with Crippen molar-refractivity contribution in [2.24, 2.45) is 0 Å². The lowest BCUT2D eigenvalue weighted by Crippen LogP contribution is -2.62. The summed E-state index contributed by atoms with van der Waals surface area (Å²) in [6.07, 6.45) is 1.88. The second-order valence-corrected chi connectivity index (χ2v) is 10.0. The molecule has 36 heavy (non-hydrogen) atoms. The van der Waals surface area contributed by atoms with Crippen LogP contribution in [0.1, 0.15) is 54.1 Å². The van der Waals surface area contributed by atoms with Crippen molar-refractivity contribution in [3.05, 3.63) is 65.2 Å². The van der Waals surface area contributed by atoms with Crippen LogP contribution in [0.4, 0.5) is 5.69 Å². The molecule has 190 valence electrons. The average Bonchev–Trinajstić information content (AvgIpc) is 3.21. The molecule has 8 heteroatoms. The van der Waals surface area contributed by atoms with Crippen molar-refractivity contribution in [3.63, 3.8) is 0 Å². The van der Waals surface area contributed by atoms with Crippen LogP contribution in [0.25, 0.3) is 0 Å². The van der Waals surface area contributed by atoms with Crippen LogP contribution in [0.3, 0.4) is 0 Å². The van der Waals surface area contributed by atoms with E-state index in [1.165, 1.54) is 5.56 Å². The van der Waals surface area contributed by atoms with Gasteiger partial charge in [0, 0.05) is 45.6 Å². The quantitative estimate of drug-likeness (QED) is 0.615. The summed E-state index contributed by atoms with van der Waals surface area (Å²) in [5, 5.41) is 2.99. The van der Waals surface area contributed by atoms with Gasteiger partial charge < -0.3 is 15.0 Å². The Morgan fingerprint density at radius 1 is 1.03 bits per heavy atom. The maximum atomic E-state index is 13.3. The Balaban J connectivity index is 1.12. The second kappa shape index (κ2) is 10.4. The van der Waals surface area contributed by atoms with Crippen LogP contribution >= 0.6 is 0 Å². The number of amides is 3. The Hall–Kier alpha value is -3.23. The molecule has 2 fully saturated rings. The summed E-state index contributed by atoms with van der Waals surface area (Å²) < 4.78 is 5.40. The number of morpholine rings is 1. The molecule has 0 aromatic heterocycles. The summed E-state index contributed by atoms with van der Waals surface area (Å²) in [5.41, 5.74) is 2.88. The molecule has 3 amide bonds. The highest BCUT2D eigenvalue weighted by atomic mass is 16.5. The summed E-state index contributed by atoms with van der Waals surface area (Å²) in [4.78, 5) is 44.4. The average molecular weight is 491 g/mol. The number of fused-ring (bicyclic) bond motifs is 3. The zero-order valence-electron chi connectivity index (χ0n) is 20.9. The zero-order valence-corrected chi connectivity index (χ0v) is 20.9. The van der Waals surface area contributed by atoms with Gasteiger partial charge in [0.2, 0.25) is 11.8 Å². The smallest absolute Gasteiger partial charge is 0.257 e. The van der Waals surface area contributed by atoms with E-state index in [4.69, 9.17) is 4.74 Å². The monoisotopic (exact) mass is 490 g/mol. The van der Waals surface area contributed by atoms with E-state index in [-0.39, 0.29) is 17.7 Å². The highest BCUT2D eigenvalue weighted by molar-refractivity contribution is 6.10. The van der Waals surface area contributed by atoms with Gasteiger partial charge in [0.15, 0.2) is 0 Å². The lowest BCUT2D eigenvalue weighted by Gasteiger charge is -2.48. The number of ether oxygens (including phenoxy) is 1. The van der Waals surface area contributed by atoms with Crippen molar-refractivity contribution in [3.8, 4) is 0 Å². The molecule has 1 atom stereocenters. The van der Waals surface area contributed by atoms with E-state index in [1.54, 1.807) is 15.9 Å². The summed E-state index contributed by atoms with van der Waals surface area (Å²) in [7, 11) is 0. The SMILES string of the molecule is C[C@@]12CCC(=O)N1c1ccccc1C(=O)N2CCCC(=O)NCc1ccc(CN2CCOCC2)cc1. The van der Waals surface area contributed by atoms with Crippen molar-refractivity contribution < 1.29 is 19.1 Å². The topological polar surface area (TPSA) is 82.2 Å². The number of nitrogens with zero attached hydrogens (tertiary/aromatic N) is 3. The fraction of sp³-hybridized carbons (Fsp3) is 0.464. The molecule has 1 N–H and O–H groups in total. The molecule has 0 radical (unpaired) electrons. The van der Waals surface area contributed by atoms with Gasteiger partial charge in [0.1, 0.15) is 5.66 Å². The van der Waals surface area contributed by atoms with Gasteiger partial charge in [-0.05, 0) is 43.0 Å². The molecule has 3 aliphatic rings. The largest absolute Gasteiger partial charge is 0.379 e. The number of anilines is 1. The van der Waals surface area contributed by atoms with Gasteiger partial charge in [-0.2, -0.15) is 0 Å². The van der Waals surface area contributed by atoms with Crippen molar-refractivity contribution >= 4 is 23.4 Å². The minimum absolute atomic E-state index is 0.0381. The molecule has 0 unspecified atom stereocenters. The van der Waals surface area contributed by atoms with Gasteiger partial charge >= 0.3 is 0 Å². The molecule has 5 rings (SSSR count). The van der Waals surface area contributed by atoms with Crippen molar-refractivity contribution in [2.45, 2.75) is 51.4 Å². The summed E-state index contributed by atoms with van der Waals surface area (Å²) >= 11 is 0. The fourth-order valence-corrected chi connectivity index (χ4v) is 5.51. The molecule has 8 nitrogen and oxygen atoms in total. The van der Waals surface area contributed by atoms with Gasteiger partial charge in [0.25, 0.3) is 5.91 Å². The lowest BCUT2D eigenvalue weighted by atomic mass is 9.98. The molecule has 2 saturated heterocycles. The maximum Gasteiger partial charge on any atom is 0.257 e.